The summed E-state index contributed by atoms with van der Waals surface area (Å²) in [5, 5.41) is 21.4. The lowest BCUT2D eigenvalue weighted by Crippen LogP contribution is -2.21. The van der Waals surface area contributed by atoms with Crippen LogP contribution in [0.3, 0.4) is 0 Å². The third-order valence-electron chi connectivity index (χ3n) is 6.23. The van der Waals surface area contributed by atoms with E-state index in [4.69, 9.17) is 19.5 Å². The van der Waals surface area contributed by atoms with E-state index in [-0.39, 0.29) is 34.4 Å². The van der Waals surface area contributed by atoms with Crippen LogP contribution in [-0.4, -0.2) is 48.9 Å². The van der Waals surface area contributed by atoms with Crippen LogP contribution in [0, 0.1) is 0 Å². The molecule has 2 unspecified atom stereocenters. The van der Waals surface area contributed by atoms with Crippen molar-refractivity contribution >= 4 is 12.4 Å². The molecule has 0 amide bonds. The van der Waals surface area contributed by atoms with E-state index in [9.17, 15) is 10.2 Å². The molecule has 2 aromatic carbocycles. The number of hydrogen-bond acceptors (Lipinski definition) is 6. The molecule has 0 fully saturated rings. The summed E-state index contributed by atoms with van der Waals surface area (Å²) in [5.74, 6) is 0.947. The van der Waals surface area contributed by atoms with Crippen LogP contribution in [0.15, 0.2) is 58.6 Å². The van der Waals surface area contributed by atoms with Crippen molar-refractivity contribution in [2.45, 2.75) is 64.5 Å². The van der Waals surface area contributed by atoms with Crippen LogP contribution in [0.2, 0.25) is 0 Å². The fraction of sp³-hybridized carbons (Fsp3) is 0.400. The van der Waals surface area contributed by atoms with Crippen LogP contribution in [-0.2, 0) is 10.8 Å². The van der Waals surface area contributed by atoms with Crippen LogP contribution in [0.1, 0.15) is 63.8 Å². The molecule has 36 heavy (non-hydrogen) atoms. The number of allylic oxidation sites excluding steroid dienone is 2. The highest BCUT2D eigenvalue weighted by molar-refractivity contribution is 5.87. The van der Waals surface area contributed by atoms with Gasteiger partial charge >= 0.3 is 0 Å². The van der Waals surface area contributed by atoms with Gasteiger partial charge in [-0.3, -0.25) is 9.98 Å². The molecule has 1 aliphatic carbocycles. The highest BCUT2D eigenvalue weighted by atomic mass is 16.5. The Labute approximate surface area is 214 Å². The van der Waals surface area contributed by atoms with E-state index in [0.717, 1.165) is 11.1 Å². The largest absolute Gasteiger partial charge is 0.504 e. The number of phenolic OH excluding ortho intramolecular Hbond substituents is 2. The van der Waals surface area contributed by atoms with Gasteiger partial charge in [-0.25, -0.2) is 0 Å². The van der Waals surface area contributed by atoms with Crippen molar-refractivity contribution in [2.75, 3.05) is 14.2 Å². The van der Waals surface area contributed by atoms with Gasteiger partial charge in [0.1, 0.15) is 0 Å². The number of nitrogens with zero attached hydrogens (tertiary/aromatic N) is 2. The fourth-order valence-electron chi connectivity index (χ4n) is 3.83. The minimum absolute atomic E-state index is 0.0562. The maximum atomic E-state index is 10.7. The number of rotatable bonds is 6. The lowest BCUT2D eigenvalue weighted by molar-refractivity contribution is 0.371. The summed E-state index contributed by atoms with van der Waals surface area (Å²) in [6.07, 6.45) is 11.1. The van der Waals surface area contributed by atoms with Gasteiger partial charge in [-0.15, -0.1) is 0 Å². The number of benzene rings is 2. The lowest BCUT2D eigenvalue weighted by Gasteiger charge is -2.22. The Bertz CT molecular complexity index is 1120. The second kappa shape index (κ2) is 10.6. The minimum atomic E-state index is -0.273. The molecule has 0 radical (unpaired) electrons. The summed E-state index contributed by atoms with van der Waals surface area (Å²) in [4.78, 5) is 9.48. The van der Waals surface area contributed by atoms with E-state index in [2.05, 4.69) is 41.5 Å². The quantitative estimate of drug-likeness (QED) is 0.479. The Morgan fingerprint density at radius 2 is 1.03 bits per heavy atom. The molecular formula is C30H38N2O4. The molecule has 0 saturated carbocycles. The molecule has 6 nitrogen and oxygen atoms in total. The van der Waals surface area contributed by atoms with Gasteiger partial charge in [-0.1, -0.05) is 65.8 Å². The van der Waals surface area contributed by atoms with E-state index in [0.29, 0.717) is 22.6 Å². The van der Waals surface area contributed by atoms with Gasteiger partial charge in [-0.05, 0) is 46.2 Å². The van der Waals surface area contributed by atoms with Gasteiger partial charge < -0.3 is 19.7 Å². The number of ether oxygens (including phenoxy) is 2. The molecule has 0 aromatic heterocycles. The Kier molecular flexibility index (Phi) is 7.97. The van der Waals surface area contributed by atoms with Crippen LogP contribution in [0.4, 0.5) is 0 Å². The predicted octanol–water partition coefficient (Wildman–Crippen LogP) is 6.11. The first kappa shape index (κ1) is 27.1. The smallest absolute Gasteiger partial charge is 0.166 e. The Balaban J connectivity index is 1.93. The zero-order valence-electron chi connectivity index (χ0n) is 22.5. The van der Waals surface area contributed by atoms with E-state index in [1.807, 2.05) is 48.6 Å². The predicted molar refractivity (Wildman–Crippen MR) is 148 cm³/mol. The van der Waals surface area contributed by atoms with Gasteiger partial charge in [0.2, 0.25) is 0 Å². The molecule has 1 aliphatic rings. The molecule has 2 aromatic rings. The minimum Gasteiger partial charge on any atom is -0.504 e. The van der Waals surface area contributed by atoms with E-state index < -0.39 is 0 Å². The van der Waals surface area contributed by atoms with Gasteiger partial charge in [0.25, 0.3) is 0 Å². The normalized spacial score (nSPS) is 18.3. The lowest BCUT2D eigenvalue weighted by atomic mass is 9.86. The van der Waals surface area contributed by atoms with E-state index in [1.54, 1.807) is 26.6 Å². The molecule has 2 atom stereocenters. The fourth-order valence-corrected chi connectivity index (χ4v) is 3.83. The van der Waals surface area contributed by atoms with E-state index in [1.165, 1.54) is 0 Å². The highest BCUT2D eigenvalue weighted by Crippen LogP contribution is 2.36. The first-order valence-electron chi connectivity index (χ1n) is 12.1. The van der Waals surface area contributed by atoms with Crippen molar-refractivity contribution in [3.8, 4) is 23.0 Å². The number of methoxy groups -OCH3 is 2. The first-order valence-corrected chi connectivity index (χ1v) is 12.1. The zero-order valence-corrected chi connectivity index (χ0v) is 22.5. The number of phenols is 2. The number of aliphatic imine (C=N–C) groups is 2. The topological polar surface area (TPSA) is 83.6 Å². The molecule has 192 valence electrons. The molecule has 0 heterocycles. The van der Waals surface area contributed by atoms with Crippen molar-refractivity contribution in [1.82, 2.24) is 0 Å². The Hall–Kier alpha value is -3.54. The average Bonchev–Trinajstić information content (AvgIpc) is 2.81. The third-order valence-corrected chi connectivity index (χ3v) is 6.23. The van der Waals surface area contributed by atoms with Gasteiger partial charge in [0.05, 0.1) is 26.3 Å². The van der Waals surface area contributed by atoms with Gasteiger partial charge in [0.15, 0.2) is 23.0 Å². The van der Waals surface area contributed by atoms with Gasteiger partial charge in [-0.2, -0.15) is 0 Å². The summed E-state index contributed by atoms with van der Waals surface area (Å²) in [5.41, 5.74) is 3.02. The van der Waals surface area contributed by atoms with Crippen LogP contribution in [0.5, 0.6) is 23.0 Å². The van der Waals surface area contributed by atoms with Crippen molar-refractivity contribution in [2.24, 2.45) is 9.98 Å². The maximum Gasteiger partial charge on any atom is 0.166 e. The standard InChI is InChI=1S/C30H38N2O4/c1-29(2,3)21-13-19(27(33)25(15-21)35-7)17-31-23-11-9-10-12-24(23)32-18-20-14-22(30(4,5)6)16-26(36-8)28(20)34/h9-18,23-24,33-34H,1-8H3. The number of hydrogen-bond donors (Lipinski definition) is 2. The monoisotopic (exact) mass is 490 g/mol. The molecule has 3 rings (SSSR count). The summed E-state index contributed by atoms with van der Waals surface area (Å²) >= 11 is 0. The molecule has 0 saturated heterocycles. The molecule has 6 heteroatoms. The second-order valence-electron chi connectivity index (χ2n) is 11.0. The van der Waals surface area contributed by atoms with Crippen molar-refractivity contribution in [3.63, 3.8) is 0 Å². The summed E-state index contributed by atoms with van der Waals surface area (Å²) < 4.78 is 10.8. The maximum absolute atomic E-state index is 10.7. The van der Waals surface area contributed by atoms with Crippen molar-refractivity contribution in [3.05, 3.63) is 70.8 Å². The highest BCUT2D eigenvalue weighted by Gasteiger charge is 2.21. The molecule has 0 aliphatic heterocycles. The summed E-state index contributed by atoms with van der Waals surface area (Å²) in [6, 6.07) is 7.04. The summed E-state index contributed by atoms with van der Waals surface area (Å²) in [7, 11) is 3.09. The van der Waals surface area contributed by atoms with Gasteiger partial charge in [0, 0.05) is 23.6 Å². The molecule has 0 bridgehead atoms. The number of aromatic hydroxyl groups is 2. The van der Waals surface area contributed by atoms with Crippen molar-refractivity contribution in [1.29, 1.82) is 0 Å². The van der Waals surface area contributed by atoms with Crippen LogP contribution in [0.25, 0.3) is 0 Å². The second-order valence-corrected chi connectivity index (χ2v) is 11.0. The van der Waals surface area contributed by atoms with Crippen molar-refractivity contribution < 1.29 is 19.7 Å². The van der Waals surface area contributed by atoms with Crippen LogP contribution >= 0.6 is 0 Å². The van der Waals surface area contributed by atoms with E-state index >= 15 is 0 Å². The third kappa shape index (κ3) is 6.17. The Morgan fingerprint density at radius 1 is 0.667 bits per heavy atom. The molecule has 2 N–H and O–H groups in total. The van der Waals surface area contributed by atoms with Crippen LogP contribution < -0.4 is 9.47 Å². The zero-order chi connectivity index (χ0) is 26.7. The Morgan fingerprint density at radius 3 is 1.33 bits per heavy atom. The molecule has 0 spiro atoms. The average molecular weight is 491 g/mol. The SMILES string of the molecule is COc1cc(C(C)(C)C)cc(C=NC2C=CC=CC2N=Cc2cc(C(C)(C)C)cc(OC)c2O)c1O. The molecular weight excluding hydrogens is 452 g/mol. The first-order chi connectivity index (χ1) is 16.8. The summed E-state index contributed by atoms with van der Waals surface area (Å²) in [6.45, 7) is 12.7.